The predicted octanol–water partition coefficient (Wildman–Crippen LogP) is 5.06. The molecule has 5 amide bonds. The first kappa shape index (κ1) is 42.8. The second-order valence-corrected chi connectivity index (χ2v) is 16.9. The van der Waals surface area contributed by atoms with Crippen LogP contribution in [-0.2, 0) is 14.4 Å². The van der Waals surface area contributed by atoms with Crippen molar-refractivity contribution >= 4 is 64.1 Å². The summed E-state index contributed by atoms with van der Waals surface area (Å²) in [5.74, 6) is -4.07. The van der Waals surface area contributed by atoms with Crippen molar-refractivity contribution < 1.29 is 37.5 Å². The van der Waals surface area contributed by atoms with Gasteiger partial charge in [-0.2, -0.15) is 13.8 Å². The summed E-state index contributed by atoms with van der Waals surface area (Å²) in [6, 6.07) is 12.3. The maximum atomic E-state index is 15.0. The van der Waals surface area contributed by atoms with Crippen molar-refractivity contribution in [2.45, 2.75) is 69.8 Å². The van der Waals surface area contributed by atoms with Crippen LogP contribution in [0.2, 0.25) is 0 Å². The number of rotatable bonds is 12. The molecule has 0 unspecified atom stereocenters. The summed E-state index contributed by atoms with van der Waals surface area (Å²) < 4.78 is 35.7. The van der Waals surface area contributed by atoms with Gasteiger partial charge in [0.05, 0.1) is 25.5 Å². The van der Waals surface area contributed by atoms with E-state index in [9.17, 15) is 24.0 Å². The number of fused-ring (bicyclic) bond motifs is 1. The number of hydrogen-bond donors (Lipinski definition) is 2. The molecule has 0 bridgehead atoms. The Hall–Kier alpha value is -5.91. The summed E-state index contributed by atoms with van der Waals surface area (Å²) in [5.41, 5.74) is 3.02. The minimum Gasteiger partial charge on any atom is -0.495 e. The van der Waals surface area contributed by atoms with Gasteiger partial charge >= 0.3 is 12.0 Å². The van der Waals surface area contributed by atoms with Gasteiger partial charge in [0.1, 0.15) is 11.4 Å². The Morgan fingerprint density at radius 2 is 1.63 bits per heavy atom. The zero-order chi connectivity index (χ0) is 43.5. The Labute approximate surface area is 359 Å². The lowest BCUT2D eigenvalue weighted by Gasteiger charge is -2.37. The number of alkyl halides is 2. The second kappa shape index (κ2) is 18.2. The van der Waals surface area contributed by atoms with E-state index in [4.69, 9.17) is 4.74 Å². The van der Waals surface area contributed by atoms with Gasteiger partial charge in [-0.05, 0) is 74.1 Å². The molecule has 3 aromatic rings. The lowest BCUT2D eigenvalue weighted by atomic mass is 9.89. The summed E-state index contributed by atoms with van der Waals surface area (Å²) in [6.45, 7) is 4.85. The first-order chi connectivity index (χ1) is 29.9. The van der Waals surface area contributed by atoms with E-state index in [2.05, 4.69) is 30.4 Å². The number of benzene rings is 2. The molecule has 3 saturated heterocycles. The van der Waals surface area contributed by atoms with Gasteiger partial charge < -0.3 is 29.7 Å². The van der Waals surface area contributed by atoms with E-state index in [-0.39, 0.29) is 53.4 Å². The molecule has 0 atom stereocenters. The molecule has 1 saturated carbocycles. The number of halogens is 2. The third kappa shape index (κ3) is 9.29. The largest absolute Gasteiger partial charge is 0.495 e. The summed E-state index contributed by atoms with van der Waals surface area (Å²) in [5, 5.41) is 5.49. The molecule has 2 aromatic carbocycles. The smallest absolute Gasteiger partial charge is 0.342 e. The van der Waals surface area contributed by atoms with Crippen molar-refractivity contribution in [1.82, 2.24) is 25.1 Å². The topological polar surface area (TPSA) is 164 Å². The SMILES string of the molecule is COc1cc(C(=O)CC2CCN(C(=O)CCN3CCN(c4ccc(N5CCC(=O)NC5=O)cc4)CC3)CC2)ccc1Nc1ncc2c(n1)N(C1CCCC1)CC(F)(F)C(=O)N2C. The Balaban J connectivity index is 0.793. The van der Waals surface area contributed by atoms with E-state index in [0.717, 1.165) is 81.0 Å². The quantitative estimate of drug-likeness (QED) is 0.233. The van der Waals surface area contributed by atoms with Crippen LogP contribution in [0.15, 0.2) is 48.7 Å². The second-order valence-electron chi connectivity index (χ2n) is 16.9. The van der Waals surface area contributed by atoms with Gasteiger partial charge in [-0.25, -0.2) is 9.78 Å². The Bertz CT molecular complexity index is 2170. The number of Topliss-reactive ketones (excluding diaryl/α,β-unsaturated/α-hetero) is 1. The highest BCUT2D eigenvalue weighted by molar-refractivity contribution is 6.05. The molecular weight excluding hydrogens is 803 g/mol. The zero-order valence-electron chi connectivity index (χ0n) is 35.3. The van der Waals surface area contributed by atoms with Crippen molar-refractivity contribution in [2.75, 3.05) is 98.0 Å². The average molecular weight is 857 g/mol. The van der Waals surface area contributed by atoms with E-state index in [0.29, 0.717) is 56.0 Å². The van der Waals surface area contributed by atoms with Crippen molar-refractivity contribution in [3.63, 3.8) is 0 Å². The van der Waals surface area contributed by atoms with Crippen LogP contribution in [0.3, 0.4) is 0 Å². The number of methoxy groups -OCH3 is 1. The number of carbonyl (C=O) groups is 5. The van der Waals surface area contributed by atoms with Gasteiger partial charge in [-0.15, -0.1) is 0 Å². The van der Waals surface area contributed by atoms with Gasteiger partial charge in [0.2, 0.25) is 17.8 Å². The van der Waals surface area contributed by atoms with Crippen LogP contribution in [0.4, 0.5) is 48.1 Å². The lowest BCUT2D eigenvalue weighted by molar-refractivity contribution is -0.140. The monoisotopic (exact) mass is 856 g/mol. The molecule has 0 spiro atoms. The van der Waals surface area contributed by atoms with Crippen LogP contribution in [0, 0.1) is 5.92 Å². The minimum atomic E-state index is -3.58. The van der Waals surface area contributed by atoms with Crippen molar-refractivity contribution in [3.05, 3.63) is 54.2 Å². The Morgan fingerprint density at radius 1 is 0.919 bits per heavy atom. The van der Waals surface area contributed by atoms with Gasteiger partial charge in [-0.3, -0.25) is 34.3 Å². The number of aromatic nitrogens is 2. The summed E-state index contributed by atoms with van der Waals surface area (Å²) >= 11 is 0. The van der Waals surface area contributed by atoms with Gasteiger partial charge in [0, 0.05) is 102 Å². The van der Waals surface area contributed by atoms with Gasteiger partial charge in [0.15, 0.2) is 11.6 Å². The fourth-order valence-electron chi connectivity index (χ4n) is 9.25. The summed E-state index contributed by atoms with van der Waals surface area (Å²) in [7, 11) is 2.81. The number of ether oxygens (including phenoxy) is 1. The normalized spacial score (nSPS) is 20.3. The molecule has 0 radical (unpaired) electrons. The Morgan fingerprint density at radius 3 is 2.32 bits per heavy atom. The molecule has 16 nitrogen and oxygen atoms in total. The molecule has 18 heteroatoms. The number of amides is 5. The minimum absolute atomic E-state index is 0.0241. The Kier molecular flexibility index (Phi) is 12.6. The summed E-state index contributed by atoms with van der Waals surface area (Å²) in [6.07, 6.45) is 7.24. The number of piperidine rings is 1. The number of nitrogens with one attached hydrogen (secondary N) is 2. The van der Waals surface area contributed by atoms with Gasteiger partial charge in [0.25, 0.3) is 5.91 Å². The number of hydrogen-bond acceptors (Lipinski definition) is 12. The van der Waals surface area contributed by atoms with E-state index in [1.54, 1.807) is 28.0 Å². The van der Waals surface area contributed by atoms with Crippen molar-refractivity contribution in [3.8, 4) is 5.75 Å². The standard InChI is InChI=1S/C44H54F2N10O6/c1-51-35-27-47-42(50-40(35)56(32-5-3-4-6-32)28-44(45,46)41(51)60)48-34-12-7-30(26-37(34)62-2)36(57)25-29-13-18-54(19-14-29)39(59)16-17-52-21-23-53(24-22-52)31-8-10-33(11-9-31)55-20-15-38(58)49-43(55)61/h7-12,26-27,29,32H,3-6,13-25,28H2,1-2H3,(H,47,48,50)(H,49,58,61). The molecule has 5 aliphatic rings. The molecule has 1 aromatic heterocycles. The highest BCUT2D eigenvalue weighted by atomic mass is 19.3. The van der Waals surface area contributed by atoms with Crippen LogP contribution < -0.4 is 35.0 Å². The predicted molar refractivity (Wildman–Crippen MR) is 230 cm³/mol. The maximum absolute atomic E-state index is 15.0. The number of piperazine rings is 1. The van der Waals surface area contributed by atoms with Crippen LogP contribution in [-0.4, -0.2) is 134 Å². The summed E-state index contributed by atoms with van der Waals surface area (Å²) in [4.78, 5) is 82.7. The van der Waals surface area contributed by atoms with Crippen molar-refractivity contribution in [1.29, 1.82) is 0 Å². The third-order valence-electron chi connectivity index (χ3n) is 12.9. The van der Waals surface area contributed by atoms with E-state index in [1.807, 2.05) is 29.2 Å². The van der Waals surface area contributed by atoms with E-state index >= 15 is 8.78 Å². The zero-order valence-corrected chi connectivity index (χ0v) is 35.3. The fraction of sp³-hybridized carbons (Fsp3) is 0.523. The third-order valence-corrected chi connectivity index (χ3v) is 12.9. The van der Waals surface area contributed by atoms with Crippen LogP contribution in [0.5, 0.6) is 5.75 Å². The molecule has 330 valence electrons. The fourth-order valence-corrected chi connectivity index (χ4v) is 9.25. The maximum Gasteiger partial charge on any atom is 0.342 e. The molecule has 1 aliphatic carbocycles. The first-order valence-electron chi connectivity index (χ1n) is 21.6. The molecule has 8 rings (SSSR count). The highest BCUT2D eigenvalue weighted by Crippen LogP contribution is 2.40. The highest BCUT2D eigenvalue weighted by Gasteiger charge is 2.49. The molecular formula is C44H54F2N10O6. The number of imide groups is 1. The molecule has 62 heavy (non-hydrogen) atoms. The molecule has 5 heterocycles. The number of urea groups is 1. The van der Waals surface area contributed by atoms with E-state index < -0.39 is 24.4 Å². The first-order valence-corrected chi connectivity index (χ1v) is 21.6. The molecule has 4 fully saturated rings. The van der Waals surface area contributed by atoms with Crippen LogP contribution in [0.25, 0.3) is 0 Å². The molecule has 2 N–H and O–H groups in total. The lowest BCUT2D eigenvalue weighted by Crippen LogP contribution is -2.49. The number of anilines is 6. The van der Waals surface area contributed by atoms with Crippen molar-refractivity contribution in [2.24, 2.45) is 5.92 Å². The van der Waals surface area contributed by atoms with Crippen LogP contribution in [0.1, 0.15) is 68.1 Å². The van der Waals surface area contributed by atoms with Gasteiger partial charge in [-0.1, -0.05) is 12.8 Å². The number of nitrogens with zero attached hydrogens (tertiary/aromatic N) is 8. The average Bonchev–Trinajstić information content (AvgIpc) is 3.81. The number of likely N-dealkylation sites (tertiary alicyclic amines) is 1. The number of carbonyl (C=O) groups excluding carboxylic acids is 5. The number of ketones is 1. The van der Waals surface area contributed by atoms with Crippen LogP contribution >= 0.6 is 0 Å². The van der Waals surface area contributed by atoms with E-state index in [1.165, 1.54) is 20.4 Å². The molecule has 4 aliphatic heterocycles.